The summed E-state index contributed by atoms with van der Waals surface area (Å²) >= 11 is 5.39. The lowest BCUT2D eigenvalue weighted by Crippen LogP contribution is -2.31. The average molecular weight is 453 g/mol. The zero-order chi connectivity index (χ0) is 22.8. The number of esters is 1. The van der Waals surface area contributed by atoms with Gasteiger partial charge in [-0.1, -0.05) is 24.4 Å². The highest BCUT2D eigenvalue weighted by atomic mass is 32.1. The van der Waals surface area contributed by atoms with E-state index in [1.54, 1.807) is 32.0 Å². The summed E-state index contributed by atoms with van der Waals surface area (Å²) in [5.74, 6) is 0.0519. The third-order valence-electron chi connectivity index (χ3n) is 5.00. The molecule has 0 aliphatic carbocycles. The van der Waals surface area contributed by atoms with Crippen LogP contribution in [0.25, 0.3) is 0 Å². The summed E-state index contributed by atoms with van der Waals surface area (Å²) in [6, 6.07) is 8.58. The fraction of sp³-hybridized carbons (Fsp3) is 0.364. The van der Waals surface area contributed by atoms with E-state index in [-0.39, 0.29) is 23.6 Å². The zero-order valence-corrected chi connectivity index (χ0v) is 18.0. The van der Waals surface area contributed by atoms with Crippen LogP contribution >= 0.6 is 12.2 Å². The van der Waals surface area contributed by atoms with Gasteiger partial charge in [-0.15, -0.1) is 0 Å². The lowest BCUT2D eigenvalue weighted by atomic mass is 9.94. The molecule has 1 heterocycles. The number of methoxy groups -OCH3 is 1. The Labute approximate surface area is 183 Å². The van der Waals surface area contributed by atoms with Crippen LogP contribution in [0.3, 0.4) is 0 Å². The van der Waals surface area contributed by atoms with Crippen LogP contribution in [0.5, 0.6) is 5.75 Å². The number of fused-ring (bicyclic) bond motifs is 1. The van der Waals surface area contributed by atoms with E-state index in [1.807, 2.05) is 0 Å². The van der Waals surface area contributed by atoms with E-state index < -0.39 is 29.9 Å². The highest BCUT2D eigenvalue weighted by Crippen LogP contribution is 2.42. The number of benzene rings is 2. The number of nitrogens with one attached hydrogen (secondary N) is 1. The Morgan fingerprint density at radius 2 is 1.97 bits per heavy atom. The molecule has 1 aliphatic heterocycles. The summed E-state index contributed by atoms with van der Waals surface area (Å²) < 4.78 is 56.8. The van der Waals surface area contributed by atoms with Gasteiger partial charge in [-0.25, -0.2) is 0 Å². The van der Waals surface area contributed by atoms with Gasteiger partial charge in [0.1, 0.15) is 22.9 Å². The Morgan fingerprint density at radius 3 is 2.61 bits per heavy atom. The fourth-order valence-electron chi connectivity index (χ4n) is 3.47. The SMILES string of the molecule is CCOC(=O)C[C@H]1O[C@H](c2cccc(OC)c2C)c2cc(C(F)(F)F)ccc2NC1=S. The number of thiocarbonyl (C=S) groups is 1. The quantitative estimate of drug-likeness (QED) is 0.496. The molecule has 0 aromatic heterocycles. The van der Waals surface area contributed by atoms with Crippen molar-refractivity contribution < 1.29 is 32.2 Å². The predicted octanol–water partition coefficient (Wildman–Crippen LogP) is 5.20. The second-order valence-electron chi connectivity index (χ2n) is 6.98. The molecule has 0 radical (unpaired) electrons. The van der Waals surface area contributed by atoms with Crippen molar-refractivity contribution in [3.8, 4) is 5.75 Å². The van der Waals surface area contributed by atoms with E-state index in [0.29, 0.717) is 22.6 Å². The monoisotopic (exact) mass is 453 g/mol. The minimum absolute atomic E-state index is 0.167. The zero-order valence-electron chi connectivity index (χ0n) is 17.2. The van der Waals surface area contributed by atoms with Crippen molar-refractivity contribution in [2.75, 3.05) is 19.0 Å². The molecule has 0 fully saturated rings. The number of ether oxygens (including phenoxy) is 3. The van der Waals surface area contributed by atoms with Crippen LogP contribution in [-0.2, 0) is 20.4 Å². The van der Waals surface area contributed by atoms with Crippen molar-refractivity contribution in [3.05, 3.63) is 58.7 Å². The Bertz CT molecular complexity index is 993. The number of hydrogen-bond acceptors (Lipinski definition) is 5. The van der Waals surface area contributed by atoms with Crippen LogP contribution < -0.4 is 10.1 Å². The molecule has 0 bridgehead atoms. The van der Waals surface area contributed by atoms with Crippen LogP contribution in [0.2, 0.25) is 0 Å². The highest BCUT2D eigenvalue weighted by Gasteiger charge is 2.36. The van der Waals surface area contributed by atoms with Crippen molar-refractivity contribution >= 4 is 28.9 Å². The van der Waals surface area contributed by atoms with E-state index in [2.05, 4.69) is 5.32 Å². The van der Waals surface area contributed by atoms with E-state index in [1.165, 1.54) is 13.2 Å². The van der Waals surface area contributed by atoms with Crippen LogP contribution in [0, 0.1) is 6.92 Å². The maximum absolute atomic E-state index is 13.4. The van der Waals surface area contributed by atoms with Gasteiger partial charge >= 0.3 is 12.1 Å². The highest BCUT2D eigenvalue weighted by molar-refractivity contribution is 7.80. The topological polar surface area (TPSA) is 56.8 Å². The molecule has 5 nitrogen and oxygen atoms in total. The Kier molecular flexibility index (Phi) is 6.86. The minimum atomic E-state index is -4.53. The van der Waals surface area contributed by atoms with Gasteiger partial charge in [-0.3, -0.25) is 4.79 Å². The number of rotatable bonds is 5. The molecular weight excluding hydrogens is 431 g/mol. The summed E-state index contributed by atoms with van der Waals surface area (Å²) in [6.07, 6.45) is -6.49. The van der Waals surface area contributed by atoms with E-state index >= 15 is 0 Å². The Hall–Kier alpha value is -2.65. The van der Waals surface area contributed by atoms with Gasteiger partial charge in [-0.2, -0.15) is 13.2 Å². The summed E-state index contributed by atoms with van der Waals surface area (Å²) in [5, 5.41) is 2.95. The summed E-state index contributed by atoms with van der Waals surface area (Å²) in [5.41, 5.74) is 1.16. The summed E-state index contributed by atoms with van der Waals surface area (Å²) in [7, 11) is 1.51. The van der Waals surface area contributed by atoms with Crippen LogP contribution in [-0.4, -0.2) is 30.8 Å². The maximum Gasteiger partial charge on any atom is 0.416 e. The number of carbonyl (C=O) groups is 1. The van der Waals surface area contributed by atoms with Gasteiger partial charge in [-0.05, 0) is 49.2 Å². The molecule has 2 atom stereocenters. The molecule has 0 saturated carbocycles. The first-order chi connectivity index (χ1) is 14.7. The second kappa shape index (κ2) is 9.23. The Balaban J connectivity index is 2.14. The first kappa shape index (κ1) is 23.0. The summed E-state index contributed by atoms with van der Waals surface area (Å²) in [4.78, 5) is 12.3. The van der Waals surface area contributed by atoms with Crippen molar-refractivity contribution in [2.45, 2.75) is 38.7 Å². The van der Waals surface area contributed by atoms with Gasteiger partial charge < -0.3 is 19.5 Å². The van der Waals surface area contributed by atoms with E-state index in [9.17, 15) is 18.0 Å². The van der Waals surface area contributed by atoms with Crippen molar-refractivity contribution in [2.24, 2.45) is 0 Å². The summed E-state index contributed by atoms with van der Waals surface area (Å²) in [6.45, 7) is 3.67. The molecule has 2 aromatic carbocycles. The molecule has 0 unspecified atom stereocenters. The predicted molar refractivity (Wildman–Crippen MR) is 113 cm³/mol. The number of hydrogen-bond donors (Lipinski definition) is 1. The van der Waals surface area contributed by atoms with E-state index in [0.717, 1.165) is 12.1 Å². The van der Waals surface area contributed by atoms with Crippen LogP contribution in [0.15, 0.2) is 36.4 Å². The minimum Gasteiger partial charge on any atom is -0.496 e. The Morgan fingerprint density at radius 1 is 1.23 bits per heavy atom. The third kappa shape index (κ3) is 4.99. The lowest BCUT2D eigenvalue weighted by molar-refractivity contribution is -0.145. The fourth-order valence-corrected chi connectivity index (χ4v) is 3.72. The van der Waals surface area contributed by atoms with Gasteiger partial charge in [0.2, 0.25) is 0 Å². The normalized spacial score (nSPS) is 18.6. The number of halogens is 3. The van der Waals surface area contributed by atoms with Gasteiger partial charge in [0.05, 0.1) is 25.7 Å². The number of anilines is 1. The molecule has 9 heteroatoms. The molecule has 1 N–H and O–H groups in total. The maximum atomic E-state index is 13.4. The second-order valence-corrected chi connectivity index (χ2v) is 7.42. The third-order valence-corrected chi connectivity index (χ3v) is 5.36. The standard InChI is InChI=1S/C22H22F3NO4S/c1-4-29-19(27)11-18-21(31)26-16-9-8-13(22(23,24)25)10-15(16)20(30-18)14-6-5-7-17(28-3)12(14)2/h5-10,18,20H,4,11H2,1-3H3,(H,26,31)/t18-,20-/m1/s1. The molecule has 2 aromatic rings. The number of carbonyl (C=O) groups excluding carboxylic acids is 1. The van der Waals surface area contributed by atoms with Gasteiger partial charge in [0.25, 0.3) is 0 Å². The van der Waals surface area contributed by atoms with Gasteiger partial charge in [0, 0.05) is 11.3 Å². The molecule has 0 saturated heterocycles. The molecule has 3 rings (SSSR count). The number of alkyl halides is 3. The average Bonchev–Trinajstić information content (AvgIpc) is 2.84. The molecular formula is C22H22F3NO4S. The lowest BCUT2D eigenvalue weighted by Gasteiger charge is -2.24. The molecule has 31 heavy (non-hydrogen) atoms. The molecule has 0 amide bonds. The molecule has 0 spiro atoms. The van der Waals surface area contributed by atoms with Crippen molar-refractivity contribution in [1.82, 2.24) is 0 Å². The van der Waals surface area contributed by atoms with Crippen LogP contribution in [0.1, 0.15) is 41.7 Å². The first-order valence-corrected chi connectivity index (χ1v) is 10.0. The molecule has 1 aliphatic rings. The smallest absolute Gasteiger partial charge is 0.416 e. The van der Waals surface area contributed by atoms with Gasteiger partial charge in [0.15, 0.2) is 0 Å². The van der Waals surface area contributed by atoms with Crippen LogP contribution in [0.4, 0.5) is 18.9 Å². The van der Waals surface area contributed by atoms with Crippen molar-refractivity contribution in [3.63, 3.8) is 0 Å². The van der Waals surface area contributed by atoms with E-state index in [4.69, 9.17) is 26.4 Å². The largest absolute Gasteiger partial charge is 0.496 e. The molecule has 166 valence electrons. The van der Waals surface area contributed by atoms with Crippen molar-refractivity contribution in [1.29, 1.82) is 0 Å². The first-order valence-electron chi connectivity index (χ1n) is 9.62.